The largest absolute Gasteiger partial charge is 0.478 e. The van der Waals surface area contributed by atoms with Crippen molar-refractivity contribution >= 4 is 17.3 Å². The molecule has 6 heteroatoms. The molecule has 0 fully saturated rings. The van der Waals surface area contributed by atoms with Gasteiger partial charge >= 0.3 is 5.97 Å². The standard InChI is InChI=1S/C12H14N2O3S/c1-12(2,11-13-4-6-18-11)14-7-9-8(10(15)16)3-5-17-9/h3-6,14H,7H2,1-2H3,(H,15,16). The number of aromatic carboxylic acids is 1. The van der Waals surface area contributed by atoms with Crippen LogP contribution in [0.15, 0.2) is 28.3 Å². The molecule has 0 saturated heterocycles. The molecule has 2 aromatic heterocycles. The number of carbonyl (C=O) groups is 1. The monoisotopic (exact) mass is 266 g/mol. The summed E-state index contributed by atoms with van der Waals surface area (Å²) >= 11 is 1.56. The molecule has 0 unspecified atom stereocenters. The predicted molar refractivity (Wildman–Crippen MR) is 67.6 cm³/mol. The fraction of sp³-hybridized carbons (Fsp3) is 0.333. The zero-order valence-corrected chi connectivity index (χ0v) is 11.0. The second-order valence-corrected chi connectivity index (χ2v) is 5.27. The second kappa shape index (κ2) is 4.91. The van der Waals surface area contributed by atoms with Crippen LogP contribution in [0.1, 0.15) is 35.0 Å². The lowest BCUT2D eigenvalue weighted by molar-refractivity contribution is 0.0694. The molecule has 2 heterocycles. The van der Waals surface area contributed by atoms with Crippen LogP contribution in [0.4, 0.5) is 0 Å². The van der Waals surface area contributed by atoms with E-state index in [0.717, 1.165) is 5.01 Å². The highest BCUT2D eigenvalue weighted by Gasteiger charge is 2.24. The first kappa shape index (κ1) is 12.8. The number of furan rings is 1. The zero-order chi connectivity index (χ0) is 13.2. The summed E-state index contributed by atoms with van der Waals surface area (Å²) in [6.45, 7) is 4.34. The Bertz CT molecular complexity index is 531. The molecule has 0 atom stereocenters. The van der Waals surface area contributed by atoms with Gasteiger partial charge in [-0.15, -0.1) is 11.3 Å². The number of nitrogens with one attached hydrogen (secondary N) is 1. The van der Waals surface area contributed by atoms with Gasteiger partial charge in [0.25, 0.3) is 0 Å². The lowest BCUT2D eigenvalue weighted by Crippen LogP contribution is -2.36. The van der Waals surface area contributed by atoms with Crippen LogP contribution in [0.3, 0.4) is 0 Å². The number of carboxylic acid groups (broad SMARTS) is 1. The SMILES string of the molecule is CC(C)(NCc1occc1C(=O)O)c1nccs1. The van der Waals surface area contributed by atoms with Crippen molar-refractivity contribution in [3.63, 3.8) is 0 Å². The van der Waals surface area contributed by atoms with Crippen molar-refractivity contribution in [2.45, 2.75) is 25.9 Å². The van der Waals surface area contributed by atoms with Crippen LogP contribution >= 0.6 is 11.3 Å². The van der Waals surface area contributed by atoms with E-state index in [0.29, 0.717) is 12.3 Å². The molecule has 2 aromatic rings. The summed E-state index contributed by atoms with van der Waals surface area (Å²) in [5.41, 5.74) is -0.131. The molecule has 0 bridgehead atoms. The third kappa shape index (κ3) is 2.60. The Morgan fingerprint density at radius 2 is 2.39 bits per heavy atom. The molecule has 0 aromatic carbocycles. The summed E-state index contributed by atoms with van der Waals surface area (Å²) in [6, 6.07) is 1.45. The van der Waals surface area contributed by atoms with Crippen molar-refractivity contribution in [2.24, 2.45) is 0 Å². The van der Waals surface area contributed by atoms with Crippen molar-refractivity contribution in [3.8, 4) is 0 Å². The maximum Gasteiger partial charge on any atom is 0.339 e. The van der Waals surface area contributed by atoms with E-state index in [1.165, 1.54) is 12.3 Å². The van der Waals surface area contributed by atoms with Gasteiger partial charge in [0.2, 0.25) is 0 Å². The predicted octanol–water partition coefficient (Wildman–Crippen LogP) is 2.46. The Labute approximate surface area is 108 Å². The maximum atomic E-state index is 10.9. The van der Waals surface area contributed by atoms with Gasteiger partial charge in [-0.1, -0.05) is 0 Å². The maximum absolute atomic E-state index is 10.9. The van der Waals surface area contributed by atoms with E-state index < -0.39 is 5.97 Å². The summed E-state index contributed by atoms with van der Waals surface area (Å²) in [7, 11) is 0. The average Bonchev–Trinajstić information content (AvgIpc) is 2.97. The van der Waals surface area contributed by atoms with Gasteiger partial charge in [0, 0.05) is 11.6 Å². The minimum atomic E-state index is -0.979. The summed E-state index contributed by atoms with van der Waals surface area (Å²) in [5.74, 6) is -0.556. The van der Waals surface area contributed by atoms with Crippen LogP contribution in [0.2, 0.25) is 0 Å². The Morgan fingerprint density at radius 3 is 3.00 bits per heavy atom. The molecule has 0 aliphatic rings. The van der Waals surface area contributed by atoms with Gasteiger partial charge in [-0.3, -0.25) is 5.32 Å². The topological polar surface area (TPSA) is 75.4 Å². The molecule has 0 radical (unpaired) electrons. The number of thiazole rings is 1. The number of rotatable bonds is 5. The second-order valence-electron chi connectivity index (χ2n) is 4.38. The molecular formula is C12H14N2O3S. The summed E-state index contributed by atoms with van der Waals surface area (Å²) in [5, 5.41) is 15.1. The molecule has 2 rings (SSSR count). The van der Waals surface area contributed by atoms with Crippen LogP contribution in [0.5, 0.6) is 0 Å². The van der Waals surface area contributed by atoms with E-state index in [4.69, 9.17) is 9.52 Å². The normalized spacial score (nSPS) is 11.7. The van der Waals surface area contributed by atoms with Crippen molar-refractivity contribution in [1.82, 2.24) is 10.3 Å². The summed E-state index contributed by atoms with van der Waals surface area (Å²) in [4.78, 5) is 15.2. The van der Waals surface area contributed by atoms with Crippen molar-refractivity contribution in [3.05, 3.63) is 40.2 Å². The van der Waals surface area contributed by atoms with Gasteiger partial charge in [-0.25, -0.2) is 9.78 Å². The first-order valence-corrected chi connectivity index (χ1v) is 6.33. The van der Waals surface area contributed by atoms with Crippen molar-refractivity contribution in [1.29, 1.82) is 0 Å². The van der Waals surface area contributed by atoms with Gasteiger partial charge in [-0.05, 0) is 19.9 Å². The molecule has 0 aliphatic carbocycles. The third-order valence-electron chi connectivity index (χ3n) is 2.63. The number of hydrogen-bond acceptors (Lipinski definition) is 5. The molecule has 0 aliphatic heterocycles. The fourth-order valence-corrected chi connectivity index (χ4v) is 2.32. The number of hydrogen-bond donors (Lipinski definition) is 2. The molecule has 0 amide bonds. The molecule has 0 saturated carbocycles. The Kier molecular flexibility index (Phi) is 3.49. The third-order valence-corrected chi connectivity index (χ3v) is 3.73. The quantitative estimate of drug-likeness (QED) is 0.869. The van der Waals surface area contributed by atoms with Gasteiger partial charge in [0.15, 0.2) is 0 Å². The smallest absolute Gasteiger partial charge is 0.339 e. The molecule has 5 nitrogen and oxygen atoms in total. The van der Waals surface area contributed by atoms with E-state index in [9.17, 15) is 4.79 Å². The van der Waals surface area contributed by atoms with Gasteiger partial charge < -0.3 is 9.52 Å². The minimum absolute atomic E-state index is 0.192. The fourth-order valence-electron chi connectivity index (χ4n) is 1.58. The Balaban J connectivity index is 2.08. The van der Waals surface area contributed by atoms with Crippen molar-refractivity contribution in [2.75, 3.05) is 0 Å². The molecule has 96 valence electrons. The highest BCUT2D eigenvalue weighted by Crippen LogP contribution is 2.23. The van der Waals surface area contributed by atoms with E-state index in [2.05, 4.69) is 10.3 Å². The molecule has 18 heavy (non-hydrogen) atoms. The zero-order valence-electron chi connectivity index (χ0n) is 10.1. The Hall–Kier alpha value is -1.66. The number of nitrogens with zero attached hydrogens (tertiary/aromatic N) is 1. The van der Waals surface area contributed by atoms with Gasteiger partial charge in [0.05, 0.1) is 18.3 Å². The minimum Gasteiger partial charge on any atom is -0.478 e. The van der Waals surface area contributed by atoms with Crippen LogP contribution in [0.25, 0.3) is 0 Å². The lowest BCUT2D eigenvalue weighted by Gasteiger charge is -2.23. The molecule has 0 spiro atoms. The molecule has 2 N–H and O–H groups in total. The van der Waals surface area contributed by atoms with E-state index >= 15 is 0 Å². The molecular weight excluding hydrogens is 252 g/mol. The number of aromatic nitrogens is 1. The number of carboxylic acids is 1. The highest BCUT2D eigenvalue weighted by atomic mass is 32.1. The van der Waals surface area contributed by atoms with E-state index in [-0.39, 0.29) is 11.1 Å². The van der Waals surface area contributed by atoms with Crippen molar-refractivity contribution < 1.29 is 14.3 Å². The van der Waals surface area contributed by atoms with Gasteiger partial charge in [0.1, 0.15) is 16.3 Å². The Morgan fingerprint density at radius 1 is 1.61 bits per heavy atom. The van der Waals surface area contributed by atoms with Crippen LogP contribution in [-0.2, 0) is 12.1 Å². The van der Waals surface area contributed by atoms with E-state index in [1.807, 2.05) is 19.2 Å². The average molecular weight is 266 g/mol. The van der Waals surface area contributed by atoms with Gasteiger partial charge in [-0.2, -0.15) is 0 Å². The summed E-state index contributed by atoms with van der Waals surface area (Å²) in [6.07, 6.45) is 3.13. The first-order valence-electron chi connectivity index (χ1n) is 5.45. The van der Waals surface area contributed by atoms with Crippen LogP contribution in [-0.4, -0.2) is 16.1 Å². The van der Waals surface area contributed by atoms with E-state index in [1.54, 1.807) is 17.5 Å². The van der Waals surface area contributed by atoms with Crippen LogP contribution < -0.4 is 5.32 Å². The first-order chi connectivity index (χ1) is 8.50. The highest BCUT2D eigenvalue weighted by molar-refractivity contribution is 7.09. The lowest BCUT2D eigenvalue weighted by atomic mass is 10.1. The van der Waals surface area contributed by atoms with Crippen LogP contribution in [0, 0.1) is 0 Å². The summed E-state index contributed by atoms with van der Waals surface area (Å²) < 4.78 is 5.18.